The molecule has 7 heteroatoms. The number of pyridine rings is 1. The van der Waals surface area contributed by atoms with Crippen molar-refractivity contribution in [2.24, 2.45) is 5.11 Å². The SMILES string of the molecule is [N-]=[N+]=NCCCCNC(=O)c1ccc(Cl)cn1. The molecule has 0 aliphatic heterocycles. The second-order valence-electron chi connectivity index (χ2n) is 3.28. The van der Waals surface area contributed by atoms with Crippen molar-refractivity contribution in [3.05, 3.63) is 39.5 Å². The maximum Gasteiger partial charge on any atom is 0.269 e. The van der Waals surface area contributed by atoms with Crippen molar-refractivity contribution < 1.29 is 4.79 Å². The van der Waals surface area contributed by atoms with Gasteiger partial charge in [0.25, 0.3) is 5.91 Å². The zero-order valence-corrected chi connectivity index (χ0v) is 9.89. The van der Waals surface area contributed by atoms with Crippen LogP contribution >= 0.6 is 11.6 Å². The fraction of sp³-hybridized carbons (Fsp3) is 0.400. The van der Waals surface area contributed by atoms with Gasteiger partial charge in [-0.15, -0.1) is 0 Å². The molecule has 1 aromatic rings. The van der Waals surface area contributed by atoms with Crippen molar-refractivity contribution in [1.29, 1.82) is 0 Å². The molecule has 1 N–H and O–H groups in total. The number of aromatic nitrogens is 1. The summed E-state index contributed by atoms with van der Waals surface area (Å²) in [4.78, 5) is 18.1. The number of amides is 1. The van der Waals surface area contributed by atoms with Crippen LogP contribution in [0.5, 0.6) is 0 Å². The van der Waals surface area contributed by atoms with E-state index in [1.165, 1.54) is 6.20 Å². The van der Waals surface area contributed by atoms with Gasteiger partial charge >= 0.3 is 0 Å². The number of hydrogen-bond donors (Lipinski definition) is 1. The number of azide groups is 1. The maximum absolute atomic E-state index is 11.5. The summed E-state index contributed by atoms with van der Waals surface area (Å²) in [7, 11) is 0. The molecule has 0 spiro atoms. The van der Waals surface area contributed by atoms with Crippen LogP contribution in [0.2, 0.25) is 5.02 Å². The van der Waals surface area contributed by atoms with Crippen LogP contribution in [-0.4, -0.2) is 24.0 Å². The molecule has 0 atom stereocenters. The Bertz CT molecular complexity index is 413. The molecule has 0 aliphatic rings. The molecular formula is C10H12ClN5O. The third-order valence-corrected chi connectivity index (χ3v) is 2.22. The number of unbranched alkanes of at least 4 members (excludes halogenated alkanes) is 1. The van der Waals surface area contributed by atoms with Gasteiger partial charge in [-0.1, -0.05) is 16.7 Å². The van der Waals surface area contributed by atoms with Gasteiger partial charge in [-0.3, -0.25) is 4.79 Å². The van der Waals surface area contributed by atoms with E-state index in [0.29, 0.717) is 23.8 Å². The number of nitrogens with one attached hydrogen (secondary N) is 1. The van der Waals surface area contributed by atoms with Crippen LogP contribution in [0.15, 0.2) is 23.4 Å². The van der Waals surface area contributed by atoms with Crippen LogP contribution in [0.4, 0.5) is 0 Å². The highest BCUT2D eigenvalue weighted by Crippen LogP contribution is 2.05. The first kappa shape index (κ1) is 13.3. The van der Waals surface area contributed by atoms with Crippen molar-refractivity contribution in [2.45, 2.75) is 12.8 Å². The summed E-state index contributed by atoms with van der Waals surface area (Å²) in [6, 6.07) is 3.18. The molecule has 0 bridgehead atoms. The highest BCUT2D eigenvalue weighted by atomic mass is 35.5. The Morgan fingerprint density at radius 2 is 2.35 bits per heavy atom. The summed E-state index contributed by atoms with van der Waals surface area (Å²) in [5.41, 5.74) is 8.39. The molecule has 0 radical (unpaired) electrons. The van der Waals surface area contributed by atoms with E-state index >= 15 is 0 Å². The minimum atomic E-state index is -0.231. The number of hydrogen-bond acceptors (Lipinski definition) is 3. The lowest BCUT2D eigenvalue weighted by atomic mass is 10.3. The molecular weight excluding hydrogens is 242 g/mol. The summed E-state index contributed by atoms with van der Waals surface area (Å²) < 4.78 is 0. The fourth-order valence-electron chi connectivity index (χ4n) is 1.15. The minimum Gasteiger partial charge on any atom is -0.351 e. The van der Waals surface area contributed by atoms with Crippen LogP contribution in [0.1, 0.15) is 23.3 Å². The lowest BCUT2D eigenvalue weighted by molar-refractivity contribution is 0.0948. The zero-order valence-electron chi connectivity index (χ0n) is 9.14. The van der Waals surface area contributed by atoms with Crippen molar-refractivity contribution in [2.75, 3.05) is 13.1 Å². The molecule has 0 unspecified atom stereocenters. The molecule has 1 aromatic heterocycles. The molecule has 0 saturated carbocycles. The van der Waals surface area contributed by atoms with Gasteiger partial charge in [0.1, 0.15) is 5.69 Å². The molecule has 0 aromatic carbocycles. The normalized spacial score (nSPS) is 9.47. The summed E-state index contributed by atoms with van der Waals surface area (Å²) >= 11 is 5.66. The smallest absolute Gasteiger partial charge is 0.269 e. The Morgan fingerprint density at radius 1 is 1.53 bits per heavy atom. The average Bonchev–Trinajstić information content (AvgIpc) is 2.34. The summed E-state index contributed by atoms with van der Waals surface area (Å²) in [6.07, 6.45) is 2.94. The van der Waals surface area contributed by atoms with Gasteiger partial charge in [-0.25, -0.2) is 4.98 Å². The van der Waals surface area contributed by atoms with Gasteiger partial charge in [0.15, 0.2) is 0 Å². The summed E-state index contributed by atoms with van der Waals surface area (Å²) in [6.45, 7) is 0.982. The molecule has 0 saturated heterocycles. The Balaban J connectivity index is 2.25. The van der Waals surface area contributed by atoms with E-state index in [9.17, 15) is 4.79 Å². The van der Waals surface area contributed by atoms with Gasteiger partial charge in [0.2, 0.25) is 0 Å². The molecule has 1 amide bonds. The van der Waals surface area contributed by atoms with E-state index in [1.54, 1.807) is 12.1 Å². The van der Waals surface area contributed by atoms with Gasteiger partial charge < -0.3 is 5.32 Å². The van der Waals surface area contributed by atoms with E-state index in [-0.39, 0.29) is 5.91 Å². The Morgan fingerprint density at radius 3 is 3.00 bits per heavy atom. The van der Waals surface area contributed by atoms with Crippen molar-refractivity contribution in [3.63, 3.8) is 0 Å². The molecule has 1 rings (SSSR count). The maximum atomic E-state index is 11.5. The Labute approximate surface area is 104 Å². The topological polar surface area (TPSA) is 90.8 Å². The summed E-state index contributed by atoms with van der Waals surface area (Å²) in [5, 5.41) is 6.61. The number of carbonyl (C=O) groups excluding carboxylic acids is 1. The first-order valence-electron chi connectivity index (χ1n) is 5.14. The van der Waals surface area contributed by atoms with Crippen LogP contribution in [0.25, 0.3) is 10.4 Å². The predicted octanol–water partition coefficient (Wildman–Crippen LogP) is 2.56. The van der Waals surface area contributed by atoms with Crippen molar-refractivity contribution in [1.82, 2.24) is 10.3 Å². The molecule has 0 fully saturated rings. The van der Waals surface area contributed by atoms with E-state index in [0.717, 1.165) is 12.8 Å². The summed E-state index contributed by atoms with van der Waals surface area (Å²) in [5.74, 6) is -0.231. The van der Waals surface area contributed by atoms with E-state index < -0.39 is 0 Å². The number of rotatable bonds is 6. The van der Waals surface area contributed by atoms with E-state index in [1.807, 2.05) is 0 Å². The van der Waals surface area contributed by atoms with Gasteiger partial charge in [-0.2, -0.15) is 0 Å². The predicted molar refractivity (Wildman–Crippen MR) is 64.8 cm³/mol. The van der Waals surface area contributed by atoms with Crippen molar-refractivity contribution in [3.8, 4) is 0 Å². The molecule has 0 aliphatic carbocycles. The lowest BCUT2D eigenvalue weighted by Crippen LogP contribution is -2.25. The largest absolute Gasteiger partial charge is 0.351 e. The molecule has 90 valence electrons. The first-order valence-corrected chi connectivity index (χ1v) is 5.52. The van der Waals surface area contributed by atoms with E-state index in [4.69, 9.17) is 17.1 Å². The Hall–Kier alpha value is -1.78. The van der Waals surface area contributed by atoms with Crippen molar-refractivity contribution >= 4 is 17.5 Å². The van der Waals surface area contributed by atoms with Crippen LogP contribution in [0.3, 0.4) is 0 Å². The highest BCUT2D eigenvalue weighted by Gasteiger charge is 2.05. The third kappa shape index (κ3) is 5.19. The molecule has 17 heavy (non-hydrogen) atoms. The second kappa shape index (κ2) is 7.49. The van der Waals surface area contributed by atoms with Gasteiger partial charge in [-0.05, 0) is 30.5 Å². The quantitative estimate of drug-likeness (QED) is 0.365. The average molecular weight is 254 g/mol. The second-order valence-corrected chi connectivity index (χ2v) is 3.72. The van der Waals surface area contributed by atoms with Crippen LogP contribution in [-0.2, 0) is 0 Å². The number of halogens is 1. The number of nitrogens with zero attached hydrogens (tertiary/aromatic N) is 4. The monoisotopic (exact) mass is 253 g/mol. The molecule has 1 heterocycles. The molecule has 6 nitrogen and oxygen atoms in total. The standard InChI is InChI=1S/C10H12ClN5O/c11-8-3-4-9(14-7-8)10(17)13-5-1-2-6-15-16-12/h3-4,7H,1-2,5-6H2,(H,13,17). The minimum absolute atomic E-state index is 0.231. The third-order valence-electron chi connectivity index (χ3n) is 1.99. The zero-order chi connectivity index (χ0) is 12.5. The lowest BCUT2D eigenvalue weighted by Gasteiger charge is -2.03. The van der Waals surface area contributed by atoms with Crippen LogP contribution < -0.4 is 5.32 Å². The first-order chi connectivity index (χ1) is 8.24. The van der Waals surface area contributed by atoms with E-state index in [2.05, 4.69) is 20.3 Å². The van der Waals surface area contributed by atoms with Crippen LogP contribution in [0, 0.1) is 0 Å². The Kier molecular flexibility index (Phi) is 5.85. The number of carbonyl (C=O) groups is 1. The van der Waals surface area contributed by atoms with Gasteiger partial charge in [0.05, 0.1) is 5.02 Å². The fourth-order valence-corrected chi connectivity index (χ4v) is 1.27. The highest BCUT2D eigenvalue weighted by molar-refractivity contribution is 6.30. The van der Waals surface area contributed by atoms with Gasteiger partial charge in [0, 0.05) is 24.2 Å².